The highest BCUT2D eigenvalue weighted by Crippen LogP contribution is 2.29. The van der Waals surface area contributed by atoms with Crippen molar-refractivity contribution in [2.45, 2.75) is 23.8 Å². The van der Waals surface area contributed by atoms with Crippen LogP contribution in [0.2, 0.25) is 0 Å². The van der Waals surface area contributed by atoms with Gasteiger partial charge in [-0.2, -0.15) is 0 Å². The van der Waals surface area contributed by atoms with Crippen molar-refractivity contribution >= 4 is 29.3 Å². The molecule has 7 heteroatoms. The number of hydrogen-bond acceptors (Lipinski definition) is 5. The van der Waals surface area contributed by atoms with Gasteiger partial charge < -0.3 is 5.32 Å². The quantitative estimate of drug-likeness (QED) is 0.910. The molecule has 1 aromatic heterocycles. The minimum atomic E-state index is -0.472. The number of amides is 1. The summed E-state index contributed by atoms with van der Waals surface area (Å²) in [5, 5.41) is 10.3. The van der Waals surface area contributed by atoms with E-state index in [4.69, 9.17) is 0 Å². The van der Waals surface area contributed by atoms with Crippen LogP contribution in [0.25, 0.3) is 0 Å². The Balaban J connectivity index is 1.74. The summed E-state index contributed by atoms with van der Waals surface area (Å²) in [5.74, 6) is -0.351. The Morgan fingerprint density at radius 2 is 2.35 bits per heavy atom. The van der Waals surface area contributed by atoms with E-state index in [-0.39, 0.29) is 18.2 Å². The summed E-state index contributed by atoms with van der Waals surface area (Å²) in [6.07, 6.45) is 1.52. The van der Waals surface area contributed by atoms with Crippen LogP contribution in [0, 0.1) is 6.92 Å². The zero-order valence-corrected chi connectivity index (χ0v) is 11.6. The number of thioether (sulfide) groups is 1. The molecule has 0 saturated carbocycles. The zero-order valence-electron chi connectivity index (χ0n) is 10.7. The fourth-order valence-corrected chi connectivity index (χ4v) is 3.00. The topological polar surface area (TPSA) is 76.9 Å². The molecule has 0 radical (unpaired) electrons. The molecule has 1 aromatic carbocycles. The van der Waals surface area contributed by atoms with Gasteiger partial charge in [0.25, 0.3) is 0 Å². The standard InChI is InChI=1S/C13H12N4O2S/c1-8-3-2-4-9(5-8)15-12(19)10-6-11(18)17-7-14-16-13(17)20-10/h2-5,7,10H,6H2,1H3,(H,15,19)/t10-/m0/s1. The Kier molecular flexibility index (Phi) is 3.27. The maximum atomic E-state index is 12.2. The number of carbonyl (C=O) groups excluding carboxylic acids is 2. The van der Waals surface area contributed by atoms with E-state index in [0.717, 1.165) is 11.3 Å². The SMILES string of the molecule is Cc1cccc(NC(=O)[C@@H]2CC(=O)n3cnnc3S2)c1. The second-order valence-electron chi connectivity index (χ2n) is 4.55. The van der Waals surface area contributed by atoms with Crippen molar-refractivity contribution in [1.82, 2.24) is 14.8 Å². The summed E-state index contributed by atoms with van der Waals surface area (Å²) < 4.78 is 1.38. The lowest BCUT2D eigenvalue weighted by atomic mass is 10.2. The van der Waals surface area contributed by atoms with Gasteiger partial charge in [-0.15, -0.1) is 10.2 Å². The van der Waals surface area contributed by atoms with Gasteiger partial charge in [0.2, 0.25) is 11.8 Å². The van der Waals surface area contributed by atoms with Gasteiger partial charge in [-0.1, -0.05) is 23.9 Å². The minimum absolute atomic E-state index is 0.146. The molecule has 0 unspecified atom stereocenters. The van der Waals surface area contributed by atoms with E-state index in [2.05, 4.69) is 15.5 Å². The molecule has 0 aliphatic carbocycles. The van der Waals surface area contributed by atoms with Crippen LogP contribution < -0.4 is 5.32 Å². The van der Waals surface area contributed by atoms with Crippen LogP contribution >= 0.6 is 11.8 Å². The monoisotopic (exact) mass is 288 g/mol. The fraction of sp³-hybridized carbons (Fsp3) is 0.231. The van der Waals surface area contributed by atoms with Crippen molar-refractivity contribution in [1.29, 1.82) is 0 Å². The second kappa shape index (κ2) is 5.09. The Hall–Kier alpha value is -2.15. The molecule has 20 heavy (non-hydrogen) atoms. The van der Waals surface area contributed by atoms with Gasteiger partial charge in [0.15, 0.2) is 5.16 Å². The van der Waals surface area contributed by atoms with Crippen LogP contribution in [0.5, 0.6) is 0 Å². The Labute approximate surface area is 119 Å². The van der Waals surface area contributed by atoms with Gasteiger partial charge in [-0.25, -0.2) is 4.57 Å². The number of rotatable bonds is 2. The first kappa shape index (κ1) is 12.9. The van der Waals surface area contributed by atoms with Crippen LogP contribution in [0.1, 0.15) is 16.8 Å². The third kappa shape index (κ3) is 2.44. The van der Waals surface area contributed by atoms with E-state index in [0.29, 0.717) is 5.16 Å². The molecule has 6 nitrogen and oxygen atoms in total. The number of carbonyl (C=O) groups is 2. The van der Waals surface area contributed by atoms with Gasteiger partial charge >= 0.3 is 0 Å². The average molecular weight is 288 g/mol. The predicted octanol–water partition coefficient (Wildman–Crippen LogP) is 1.73. The molecule has 0 fully saturated rings. The van der Waals surface area contributed by atoms with E-state index in [1.807, 2.05) is 31.2 Å². The number of hydrogen-bond donors (Lipinski definition) is 1. The molecule has 3 rings (SSSR count). The smallest absolute Gasteiger partial charge is 0.238 e. The van der Waals surface area contributed by atoms with Gasteiger partial charge in [0.05, 0.1) is 0 Å². The predicted molar refractivity (Wildman–Crippen MR) is 74.7 cm³/mol. The van der Waals surface area contributed by atoms with Crippen LogP contribution in [0.3, 0.4) is 0 Å². The van der Waals surface area contributed by atoms with E-state index >= 15 is 0 Å². The number of aryl methyl sites for hydroxylation is 1. The summed E-state index contributed by atoms with van der Waals surface area (Å²) in [6, 6.07) is 7.54. The summed E-state index contributed by atoms with van der Waals surface area (Å²) in [7, 11) is 0. The van der Waals surface area contributed by atoms with E-state index in [1.165, 1.54) is 22.7 Å². The highest BCUT2D eigenvalue weighted by atomic mass is 32.2. The van der Waals surface area contributed by atoms with Crippen molar-refractivity contribution in [2.24, 2.45) is 0 Å². The number of nitrogens with one attached hydrogen (secondary N) is 1. The van der Waals surface area contributed by atoms with Crippen molar-refractivity contribution in [3.63, 3.8) is 0 Å². The molecule has 2 heterocycles. The van der Waals surface area contributed by atoms with Gasteiger partial charge in [-0.05, 0) is 24.6 Å². The number of anilines is 1. The van der Waals surface area contributed by atoms with Crippen molar-refractivity contribution in [3.8, 4) is 0 Å². The van der Waals surface area contributed by atoms with Crippen molar-refractivity contribution < 1.29 is 9.59 Å². The van der Waals surface area contributed by atoms with E-state index < -0.39 is 5.25 Å². The maximum absolute atomic E-state index is 12.2. The van der Waals surface area contributed by atoms with Gasteiger partial charge in [-0.3, -0.25) is 9.59 Å². The lowest BCUT2D eigenvalue weighted by Crippen LogP contribution is -2.32. The molecule has 0 spiro atoms. The molecule has 2 aromatic rings. The Morgan fingerprint density at radius 3 is 3.15 bits per heavy atom. The normalized spacial score (nSPS) is 17.6. The van der Waals surface area contributed by atoms with Gasteiger partial charge in [0, 0.05) is 12.1 Å². The van der Waals surface area contributed by atoms with Crippen LogP contribution in [0.15, 0.2) is 35.7 Å². The zero-order chi connectivity index (χ0) is 14.1. The summed E-state index contributed by atoms with van der Waals surface area (Å²) >= 11 is 1.26. The summed E-state index contributed by atoms with van der Waals surface area (Å²) in [5.41, 5.74) is 1.80. The van der Waals surface area contributed by atoms with Crippen LogP contribution in [0.4, 0.5) is 5.69 Å². The lowest BCUT2D eigenvalue weighted by molar-refractivity contribution is -0.115. The van der Waals surface area contributed by atoms with Crippen LogP contribution in [-0.2, 0) is 4.79 Å². The maximum Gasteiger partial charge on any atom is 0.238 e. The molecular formula is C13H12N4O2S. The largest absolute Gasteiger partial charge is 0.325 e. The first-order valence-corrected chi connectivity index (χ1v) is 6.99. The van der Waals surface area contributed by atoms with Crippen LogP contribution in [-0.4, -0.2) is 31.8 Å². The van der Waals surface area contributed by atoms with Crippen molar-refractivity contribution in [2.75, 3.05) is 5.32 Å². The number of nitrogens with zero attached hydrogens (tertiary/aromatic N) is 3. The third-order valence-electron chi connectivity index (χ3n) is 2.97. The highest BCUT2D eigenvalue weighted by molar-refractivity contribution is 8.00. The van der Waals surface area contributed by atoms with Crippen molar-refractivity contribution in [3.05, 3.63) is 36.2 Å². The molecule has 1 atom stereocenters. The average Bonchev–Trinajstić information content (AvgIpc) is 2.87. The highest BCUT2D eigenvalue weighted by Gasteiger charge is 2.31. The first-order chi connectivity index (χ1) is 9.63. The molecule has 1 aliphatic heterocycles. The number of aromatic nitrogens is 3. The fourth-order valence-electron chi connectivity index (χ4n) is 1.99. The van der Waals surface area contributed by atoms with Gasteiger partial charge in [0.1, 0.15) is 11.6 Å². The Morgan fingerprint density at radius 1 is 1.50 bits per heavy atom. The van der Waals surface area contributed by atoms with E-state index in [1.54, 1.807) is 0 Å². The molecule has 102 valence electrons. The summed E-state index contributed by atoms with van der Waals surface area (Å²) in [4.78, 5) is 24.1. The molecular weight excluding hydrogens is 276 g/mol. The molecule has 1 aliphatic rings. The molecule has 0 saturated heterocycles. The molecule has 0 bridgehead atoms. The van der Waals surface area contributed by atoms with E-state index in [9.17, 15) is 9.59 Å². The third-order valence-corrected chi connectivity index (χ3v) is 4.13. The minimum Gasteiger partial charge on any atom is -0.325 e. The number of benzene rings is 1. The molecule has 1 N–H and O–H groups in total. The number of fused-ring (bicyclic) bond motifs is 1. The lowest BCUT2D eigenvalue weighted by Gasteiger charge is -2.20. The molecule has 1 amide bonds. The second-order valence-corrected chi connectivity index (χ2v) is 5.72. The summed E-state index contributed by atoms with van der Waals surface area (Å²) in [6.45, 7) is 1.96. The Bertz CT molecular complexity index is 683. The first-order valence-electron chi connectivity index (χ1n) is 6.11.